The summed E-state index contributed by atoms with van der Waals surface area (Å²) in [7, 11) is -1.00. The first-order chi connectivity index (χ1) is 13.4. The van der Waals surface area contributed by atoms with E-state index in [0.717, 1.165) is 4.31 Å². The van der Waals surface area contributed by atoms with Crippen LogP contribution in [0.5, 0.6) is 5.75 Å². The Kier molecular flexibility index (Phi) is 7.15. The predicted molar refractivity (Wildman–Crippen MR) is 101 cm³/mol. The molecule has 0 saturated carbocycles. The van der Waals surface area contributed by atoms with Crippen LogP contribution in [0.3, 0.4) is 0 Å². The highest BCUT2D eigenvalue weighted by atomic mass is 35.5. The number of amides is 1. The van der Waals surface area contributed by atoms with Crippen LogP contribution in [-0.4, -0.2) is 45.5 Å². The number of sulfonamides is 1. The van der Waals surface area contributed by atoms with Crippen LogP contribution < -0.4 is 10.1 Å². The lowest BCUT2D eigenvalue weighted by Crippen LogP contribution is -2.25. The molecule has 2 aromatic carbocycles. The summed E-state index contributed by atoms with van der Waals surface area (Å²) >= 11 is 6.02. The molecule has 158 valence electrons. The molecule has 29 heavy (non-hydrogen) atoms. The molecule has 1 N–H and O–H groups in total. The van der Waals surface area contributed by atoms with Gasteiger partial charge in [0.1, 0.15) is 5.75 Å². The van der Waals surface area contributed by atoms with Gasteiger partial charge in [0.25, 0.3) is 5.91 Å². The number of carbonyl (C=O) groups is 1. The third-order valence-corrected chi connectivity index (χ3v) is 5.88. The fraction of sp³-hybridized carbons (Fsp3) is 0.278. The van der Waals surface area contributed by atoms with E-state index in [-0.39, 0.29) is 27.8 Å². The summed E-state index contributed by atoms with van der Waals surface area (Å²) in [4.78, 5) is 12.3. The average Bonchev–Trinajstić information content (AvgIpc) is 2.64. The van der Waals surface area contributed by atoms with Gasteiger partial charge in [-0.05, 0) is 35.9 Å². The Morgan fingerprint density at radius 1 is 1.14 bits per heavy atom. The summed E-state index contributed by atoms with van der Waals surface area (Å²) in [5, 5.41) is 2.67. The Morgan fingerprint density at radius 3 is 2.31 bits per heavy atom. The van der Waals surface area contributed by atoms with Crippen molar-refractivity contribution in [2.75, 3.05) is 20.7 Å². The van der Waals surface area contributed by atoms with E-state index in [0.29, 0.717) is 5.56 Å². The number of nitrogens with one attached hydrogen (secondary N) is 1. The van der Waals surface area contributed by atoms with Crippen LogP contribution in [-0.2, 0) is 16.6 Å². The van der Waals surface area contributed by atoms with E-state index in [1.54, 1.807) is 0 Å². The fourth-order valence-electron chi connectivity index (χ4n) is 2.20. The summed E-state index contributed by atoms with van der Waals surface area (Å²) in [6, 6.07) is 9.50. The van der Waals surface area contributed by atoms with E-state index in [2.05, 4.69) is 10.1 Å². The van der Waals surface area contributed by atoms with Gasteiger partial charge in [-0.15, -0.1) is 0 Å². The minimum absolute atomic E-state index is 0.0141. The van der Waals surface area contributed by atoms with Gasteiger partial charge in [0, 0.05) is 20.6 Å². The number of benzene rings is 2. The number of alkyl halides is 3. The van der Waals surface area contributed by atoms with Crippen molar-refractivity contribution in [2.24, 2.45) is 0 Å². The second kappa shape index (κ2) is 9.02. The Labute approximate surface area is 171 Å². The number of nitrogens with zero attached hydrogens (tertiary/aromatic N) is 1. The maximum Gasteiger partial charge on any atom is 0.422 e. The number of hydrogen-bond donors (Lipinski definition) is 1. The van der Waals surface area contributed by atoms with Gasteiger partial charge in [0.05, 0.1) is 15.5 Å². The first-order valence-electron chi connectivity index (χ1n) is 8.19. The van der Waals surface area contributed by atoms with Crippen LogP contribution >= 0.6 is 11.6 Å². The molecule has 0 bridgehead atoms. The van der Waals surface area contributed by atoms with Gasteiger partial charge in [0.2, 0.25) is 10.0 Å². The Bertz CT molecular complexity index is 978. The molecule has 0 unspecified atom stereocenters. The van der Waals surface area contributed by atoms with Gasteiger partial charge < -0.3 is 10.1 Å². The highest BCUT2D eigenvalue weighted by Gasteiger charge is 2.28. The molecule has 11 heteroatoms. The van der Waals surface area contributed by atoms with Gasteiger partial charge in [0.15, 0.2) is 6.61 Å². The van der Waals surface area contributed by atoms with Crippen molar-refractivity contribution in [1.82, 2.24) is 9.62 Å². The second-order valence-corrected chi connectivity index (χ2v) is 8.72. The van der Waals surface area contributed by atoms with Crippen LogP contribution in [0.15, 0.2) is 47.4 Å². The average molecular weight is 451 g/mol. The largest absolute Gasteiger partial charge is 0.484 e. The van der Waals surface area contributed by atoms with E-state index < -0.39 is 28.7 Å². The fourth-order valence-corrected chi connectivity index (χ4v) is 3.33. The molecule has 0 aliphatic heterocycles. The topological polar surface area (TPSA) is 75.7 Å². The molecule has 0 fully saturated rings. The minimum Gasteiger partial charge on any atom is -0.484 e. The molecular weight excluding hydrogens is 433 g/mol. The van der Waals surface area contributed by atoms with Crippen LogP contribution in [0.4, 0.5) is 13.2 Å². The number of rotatable bonds is 7. The summed E-state index contributed by atoms with van der Waals surface area (Å²) < 4.78 is 66.5. The summed E-state index contributed by atoms with van der Waals surface area (Å²) in [6.45, 7) is -1.34. The molecule has 0 aromatic heterocycles. The molecule has 0 atom stereocenters. The van der Waals surface area contributed by atoms with Crippen molar-refractivity contribution >= 4 is 27.5 Å². The molecular formula is C18H18ClF3N2O4S. The molecule has 0 saturated heterocycles. The van der Waals surface area contributed by atoms with Crippen LogP contribution in [0.25, 0.3) is 0 Å². The zero-order chi connectivity index (χ0) is 21.8. The monoisotopic (exact) mass is 450 g/mol. The van der Waals surface area contributed by atoms with Gasteiger partial charge in [-0.2, -0.15) is 13.2 Å². The minimum atomic E-state index is -4.43. The quantitative estimate of drug-likeness (QED) is 0.701. The zero-order valence-corrected chi connectivity index (χ0v) is 17.0. The lowest BCUT2D eigenvalue weighted by atomic mass is 10.2. The van der Waals surface area contributed by atoms with Crippen molar-refractivity contribution in [2.45, 2.75) is 17.6 Å². The van der Waals surface area contributed by atoms with Crippen molar-refractivity contribution in [3.05, 3.63) is 58.6 Å². The second-order valence-electron chi connectivity index (χ2n) is 6.16. The van der Waals surface area contributed by atoms with E-state index >= 15 is 0 Å². The van der Waals surface area contributed by atoms with Crippen LogP contribution in [0.1, 0.15) is 15.9 Å². The molecule has 0 spiro atoms. The van der Waals surface area contributed by atoms with Gasteiger partial charge >= 0.3 is 6.18 Å². The van der Waals surface area contributed by atoms with E-state index in [1.165, 1.54) is 56.6 Å². The Morgan fingerprint density at radius 2 is 1.76 bits per heavy atom. The van der Waals surface area contributed by atoms with E-state index in [4.69, 9.17) is 11.6 Å². The number of ether oxygens (including phenoxy) is 1. The van der Waals surface area contributed by atoms with Gasteiger partial charge in [-0.3, -0.25) is 4.79 Å². The smallest absolute Gasteiger partial charge is 0.422 e. The van der Waals surface area contributed by atoms with Crippen molar-refractivity contribution in [1.29, 1.82) is 0 Å². The molecule has 0 aliphatic rings. The summed E-state index contributed by atoms with van der Waals surface area (Å²) in [6.07, 6.45) is -4.43. The maximum atomic E-state index is 12.4. The highest BCUT2D eigenvalue weighted by Crippen LogP contribution is 2.22. The first-order valence-corrected chi connectivity index (χ1v) is 10.0. The van der Waals surface area contributed by atoms with Crippen LogP contribution in [0, 0.1) is 0 Å². The van der Waals surface area contributed by atoms with Crippen molar-refractivity contribution < 1.29 is 31.1 Å². The zero-order valence-electron chi connectivity index (χ0n) is 15.5. The molecule has 0 aliphatic carbocycles. The third kappa shape index (κ3) is 6.34. The first kappa shape index (κ1) is 23.0. The number of hydrogen-bond acceptors (Lipinski definition) is 4. The SMILES string of the molecule is CN(C)S(=O)(=O)c1ccc(Cl)c(C(=O)NCc2ccc(OCC(F)(F)F)cc2)c1. The normalized spacial score (nSPS) is 12.1. The van der Waals surface area contributed by atoms with E-state index in [9.17, 15) is 26.4 Å². The van der Waals surface area contributed by atoms with E-state index in [1.807, 2.05) is 0 Å². The molecule has 6 nitrogen and oxygen atoms in total. The Balaban J connectivity index is 2.06. The Hall–Kier alpha value is -2.30. The number of carbonyl (C=O) groups excluding carboxylic acids is 1. The maximum absolute atomic E-state index is 12.4. The summed E-state index contributed by atoms with van der Waals surface area (Å²) in [5.74, 6) is -0.551. The lowest BCUT2D eigenvalue weighted by molar-refractivity contribution is -0.153. The highest BCUT2D eigenvalue weighted by molar-refractivity contribution is 7.89. The third-order valence-electron chi connectivity index (χ3n) is 3.74. The van der Waals surface area contributed by atoms with Gasteiger partial charge in [-0.1, -0.05) is 23.7 Å². The molecule has 0 radical (unpaired) electrons. The van der Waals surface area contributed by atoms with Crippen LogP contribution in [0.2, 0.25) is 5.02 Å². The molecule has 2 rings (SSSR count). The molecule has 2 aromatic rings. The van der Waals surface area contributed by atoms with Crippen molar-refractivity contribution in [3.8, 4) is 5.75 Å². The van der Waals surface area contributed by atoms with Crippen molar-refractivity contribution in [3.63, 3.8) is 0 Å². The number of halogens is 4. The summed E-state index contributed by atoms with van der Waals surface area (Å²) in [5.41, 5.74) is 0.589. The van der Waals surface area contributed by atoms with Gasteiger partial charge in [-0.25, -0.2) is 12.7 Å². The lowest BCUT2D eigenvalue weighted by Gasteiger charge is -2.13. The molecule has 1 amide bonds. The standard InChI is InChI=1S/C18H18ClF3N2O4S/c1-24(2)29(26,27)14-7-8-16(19)15(9-14)17(25)23-10-12-3-5-13(6-4-12)28-11-18(20,21)22/h3-9H,10-11H2,1-2H3,(H,23,25). The molecule has 0 heterocycles. The predicted octanol–water partition coefficient (Wildman–Crippen LogP) is 3.46.